The molecule has 0 saturated carbocycles. The SMILES string of the molecule is N=[N+]=NCCOCCOCCOCCOCCC(=O)ON1C(=O)CCC1=O. The van der Waals surface area contributed by atoms with Crippen LogP contribution in [0.25, 0.3) is 0 Å². The second-order valence-electron chi connectivity index (χ2n) is 5.21. The lowest BCUT2D eigenvalue weighted by Crippen LogP contribution is -2.32. The molecule has 2 amide bonds. The Labute approximate surface area is 156 Å². The van der Waals surface area contributed by atoms with Crippen LogP contribution in [0.1, 0.15) is 19.3 Å². The average Bonchev–Trinajstić information content (AvgIpc) is 2.97. The third-order valence-electron chi connectivity index (χ3n) is 3.17. The van der Waals surface area contributed by atoms with Gasteiger partial charge < -0.3 is 23.8 Å². The maximum Gasteiger partial charge on any atom is 0.335 e. The summed E-state index contributed by atoms with van der Waals surface area (Å²) in [6.07, 6.45) is 0.0652. The fourth-order valence-corrected chi connectivity index (χ4v) is 1.88. The minimum atomic E-state index is -0.696. The Morgan fingerprint density at radius 2 is 1.37 bits per heavy atom. The molecule has 12 nitrogen and oxygen atoms in total. The predicted molar refractivity (Wildman–Crippen MR) is 87.2 cm³/mol. The molecule has 0 aliphatic carbocycles. The molecule has 0 radical (unpaired) electrons. The minimum Gasteiger partial charge on any atom is -0.378 e. The number of nitrogens with zero attached hydrogens (tertiary/aromatic N) is 3. The summed E-state index contributed by atoms with van der Waals surface area (Å²) in [6.45, 7) is 3.18. The van der Waals surface area contributed by atoms with Gasteiger partial charge in [-0.1, -0.05) is 0 Å². The Morgan fingerprint density at radius 1 is 0.889 bits per heavy atom. The lowest BCUT2D eigenvalue weighted by Gasteiger charge is -2.12. The predicted octanol–water partition coefficient (Wildman–Crippen LogP) is -0.400. The number of nitrogens with one attached hydrogen (secondary N) is 1. The molecule has 0 unspecified atom stereocenters. The van der Waals surface area contributed by atoms with Crippen LogP contribution in [0, 0.1) is 5.53 Å². The summed E-state index contributed by atoms with van der Waals surface area (Å²) in [4.78, 5) is 41.6. The van der Waals surface area contributed by atoms with E-state index in [0.29, 0.717) is 57.9 Å². The van der Waals surface area contributed by atoms with Crippen LogP contribution in [0.3, 0.4) is 0 Å². The highest BCUT2D eigenvalue weighted by atomic mass is 16.7. The van der Waals surface area contributed by atoms with Gasteiger partial charge in [0.1, 0.15) is 17.2 Å². The lowest BCUT2D eigenvalue weighted by molar-refractivity contribution is -0.198. The molecule has 1 aliphatic rings. The highest BCUT2D eigenvalue weighted by Crippen LogP contribution is 2.12. The van der Waals surface area contributed by atoms with Crippen LogP contribution < -0.4 is 4.91 Å². The van der Waals surface area contributed by atoms with Crippen LogP contribution in [0.4, 0.5) is 0 Å². The second-order valence-corrected chi connectivity index (χ2v) is 5.21. The van der Waals surface area contributed by atoms with E-state index in [1.807, 2.05) is 0 Å². The van der Waals surface area contributed by atoms with Gasteiger partial charge in [0, 0.05) is 12.8 Å². The van der Waals surface area contributed by atoms with Crippen LogP contribution in [0.2, 0.25) is 0 Å². The van der Waals surface area contributed by atoms with Crippen molar-refractivity contribution in [3.8, 4) is 0 Å². The van der Waals surface area contributed by atoms with Gasteiger partial charge in [-0.3, -0.25) is 9.59 Å². The maximum absolute atomic E-state index is 11.5. The van der Waals surface area contributed by atoms with Crippen molar-refractivity contribution < 1.29 is 38.2 Å². The molecule has 1 N–H and O–H groups in total. The van der Waals surface area contributed by atoms with E-state index in [2.05, 4.69) is 10.0 Å². The standard InChI is InChI=1S/C15H25N4O8/c16-18-17-4-6-24-8-10-26-12-11-25-9-7-23-5-3-15(22)27-19-13(20)1-2-14(19)21/h16H,1-12H2/q+1. The Morgan fingerprint density at radius 3 is 1.89 bits per heavy atom. The molecule has 1 rings (SSSR count). The summed E-state index contributed by atoms with van der Waals surface area (Å²) >= 11 is 0. The Balaban J connectivity index is 1.82. The molecule has 152 valence electrons. The molecule has 12 heteroatoms. The van der Waals surface area contributed by atoms with Crippen molar-refractivity contribution in [2.75, 3.05) is 59.4 Å². The number of carbonyl (C=O) groups excluding carboxylic acids is 3. The molecule has 27 heavy (non-hydrogen) atoms. The zero-order valence-electron chi connectivity index (χ0n) is 15.1. The molecular weight excluding hydrogens is 364 g/mol. The molecule has 0 spiro atoms. The Bertz CT molecular complexity index is 508. The van der Waals surface area contributed by atoms with Crippen LogP contribution in [0.15, 0.2) is 5.11 Å². The lowest BCUT2D eigenvalue weighted by atomic mass is 10.4. The third kappa shape index (κ3) is 11.2. The van der Waals surface area contributed by atoms with E-state index in [1.165, 1.54) is 0 Å². The number of hydrogen-bond donors (Lipinski definition) is 1. The maximum atomic E-state index is 11.5. The summed E-state index contributed by atoms with van der Waals surface area (Å²) in [5, 5.41) is 3.95. The van der Waals surface area contributed by atoms with Gasteiger partial charge in [0.25, 0.3) is 11.8 Å². The first-order valence-electron chi connectivity index (χ1n) is 8.56. The quantitative estimate of drug-likeness (QED) is 0.162. The van der Waals surface area contributed by atoms with Crippen molar-refractivity contribution in [1.82, 2.24) is 9.97 Å². The molecule has 1 aliphatic heterocycles. The first-order chi connectivity index (χ1) is 13.1. The van der Waals surface area contributed by atoms with E-state index in [0.717, 1.165) is 0 Å². The van der Waals surface area contributed by atoms with Gasteiger partial charge in [-0.25, -0.2) is 4.79 Å². The third-order valence-corrected chi connectivity index (χ3v) is 3.17. The van der Waals surface area contributed by atoms with Gasteiger partial charge in [0.2, 0.25) is 4.91 Å². The fourth-order valence-electron chi connectivity index (χ4n) is 1.88. The molecule has 1 saturated heterocycles. The molecule has 0 atom stereocenters. The monoisotopic (exact) mass is 389 g/mol. The second kappa shape index (κ2) is 14.9. The van der Waals surface area contributed by atoms with Gasteiger partial charge >= 0.3 is 5.97 Å². The normalized spacial score (nSPS) is 13.7. The van der Waals surface area contributed by atoms with Gasteiger partial charge in [-0.15, -0.1) is 5.06 Å². The van der Waals surface area contributed by atoms with Crippen molar-refractivity contribution >= 4 is 17.8 Å². The Kier molecular flexibility index (Phi) is 12.6. The number of imide groups is 1. The minimum absolute atomic E-state index is 0.0657. The van der Waals surface area contributed by atoms with E-state index in [4.69, 9.17) is 29.3 Å². The topological polar surface area (TPSA) is 151 Å². The summed E-state index contributed by atoms with van der Waals surface area (Å²) in [5.41, 5.74) is 6.45. The first kappa shape index (κ1) is 22.8. The zero-order chi connectivity index (χ0) is 19.7. The van der Waals surface area contributed by atoms with Gasteiger partial charge in [-0.2, -0.15) is 0 Å². The molecule has 0 aromatic heterocycles. The van der Waals surface area contributed by atoms with E-state index in [9.17, 15) is 14.4 Å². The first-order valence-corrected chi connectivity index (χ1v) is 8.56. The average molecular weight is 389 g/mol. The van der Waals surface area contributed by atoms with E-state index in [-0.39, 0.29) is 25.9 Å². The van der Waals surface area contributed by atoms with E-state index in [1.54, 1.807) is 0 Å². The summed E-state index contributed by atoms with van der Waals surface area (Å²) in [5.74, 6) is -1.71. The van der Waals surface area contributed by atoms with Crippen LogP contribution in [0.5, 0.6) is 0 Å². The van der Waals surface area contributed by atoms with Crippen LogP contribution in [-0.4, -0.2) is 82.2 Å². The highest BCUT2D eigenvalue weighted by molar-refractivity contribution is 6.01. The smallest absolute Gasteiger partial charge is 0.335 e. The molecular formula is C15H25N4O8+. The van der Waals surface area contributed by atoms with E-state index >= 15 is 0 Å². The van der Waals surface area contributed by atoms with Gasteiger partial charge in [0.15, 0.2) is 0 Å². The summed E-state index contributed by atoms with van der Waals surface area (Å²) in [6, 6.07) is 0. The Hall–Kier alpha value is -2.24. The zero-order valence-corrected chi connectivity index (χ0v) is 15.1. The van der Waals surface area contributed by atoms with Crippen molar-refractivity contribution in [1.29, 1.82) is 5.53 Å². The van der Waals surface area contributed by atoms with Gasteiger partial charge in [0.05, 0.1) is 59.3 Å². The van der Waals surface area contributed by atoms with Crippen molar-refractivity contribution in [2.45, 2.75) is 19.3 Å². The number of rotatable bonds is 16. The molecule has 1 heterocycles. The molecule has 0 bridgehead atoms. The number of amides is 2. The summed E-state index contributed by atoms with van der Waals surface area (Å²) < 4.78 is 20.9. The van der Waals surface area contributed by atoms with Crippen molar-refractivity contribution in [3.05, 3.63) is 0 Å². The molecule has 0 aromatic rings. The number of ether oxygens (including phenoxy) is 4. The van der Waals surface area contributed by atoms with Crippen molar-refractivity contribution in [3.63, 3.8) is 0 Å². The number of hydroxylamine groups is 2. The number of hydrogen-bond acceptors (Lipinski definition) is 10. The van der Waals surface area contributed by atoms with E-state index < -0.39 is 17.8 Å². The summed E-state index contributed by atoms with van der Waals surface area (Å²) in [7, 11) is 0. The van der Waals surface area contributed by atoms with Crippen LogP contribution >= 0.6 is 0 Å². The number of carbonyl (C=O) groups is 3. The highest BCUT2D eigenvalue weighted by Gasteiger charge is 2.32. The van der Waals surface area contributed by atoms with Gasteiger partial charge in [-0.05, 0) is 0 Å². The fraction of sp³-hybridized carbons (Fsp3) is 0.800. The molecule has 1 fully saturated rings. The molecule has 0 aromatic carbocycles. The van der Waals surface area contributed by atoms with Crippen LogP contribution in [-0.2, 0) is 38.2 Å². The van der Waals surface area contributed by atoms with Crippen molar-refractivity contribution in [2.24, 2.45) is 5.11 Å². The largest absolute Gasteiger partial charge is 0.378 e.